The fourth-order valence-corrected chi connectivity index (χ4v) is 3.04. The Hall–Kier alpha value is -0.630. The third kappa shape index (κ3) is 1.01. The van der Waals surface area contributed by atoms with Gasteiger partial charge in [0.2, 0.25) is 0 Å². The Labute approximate surface area is 82.4 Å². The van der Waals surface area contributed by atoms with Crippen LogP contribution in [-0.2, 0) is 0 Å². The van der Waals surface area contributed by atoms with E-state index in [0.717, 1.165) is 0 Å². The topological polar surface area (TPSA) is 25.8 Å². The van der Waals surface area contributed by atoms with E-state index in [0.29, 0.717) is 17.0 Å². The second-order valence-electron chi connectivity index (χ2n) is 4.01. The van der Waals surface area contributed by atoms with Crippen LogP contribution in [0.1, 0.15) is 48.8 Å². The minimum Gasteiger partial charge on any atom is -0.241 e. The summed E-state index contributed by atoms with van der Waals surface area (Å²) in [6.45, 7) is 0. The molecule has 0 saturated heterocycles. The van der Waals surface area contributed by atoms with Gasteiger partial charge in [-0.05, 0) is 31.6 Å². The first kappa shape index (κ1) is 7.74. The van der Waals surface area contributed by atoms with Gasteiger partial charge in [0.15, 0.2) is 0 Å². The lowest BCUT2D eigenvalue weighted by atomic mass is 9.70. The fraction of sp³-hybridized carbons (Fsp3) is 0.600. The van der Waals surface area contributed by atoms with Gasteiger partial charge in [0, 0.05) is 11.5 Å². The largest absolute Gasteiger partial charge is 0.241 e. The van der Waals surface area contributed by atoms with E-state index in [4.69, 9.17) is 11.6 Å². The molecule has 2 nitrogen and oxygen atoms in total. The normalized spacial score (nSPS) is 30.2. The first-order valence-corrected chi connectivity index (χ1v) is 5.24. The molecular formula is C10H11ClN2. The van der Waals surface area contributed by atoms with E-state index in [1.54, 1.807) is 6.33 Å². The highest BCUT2D eigenvalue weighted by Crippen LogP contribution is 2.49. The Morgan fingerprint density at radius 1 is 1.08 bits per heavy atom. The van der Waals surface area contributed by atoms with Gasteiger partial charge >= 0.3 is 0 Å². The van der Waals surface area contributed by atoms with Crippen molar-refractivity contribution in [2.75, 3.05) is 0 Å². The minimum atomic E-state index is 0.647. The summed E-state index contributed by atoms with van der Waals surface area (Å²) in [7, 11) is 0. The maximum atomic E-state index is 6.09. The van der Waals surface area contributed by atoms with Crippen LogP contribution in [0, 0.1) is 0 Å². The molecule has 4 rings (SSSR count). The number of aromatic nitrogens is 2. The highest BCUT2D eigenvalue weighted by Gasteiger charge is 2.35. The predicted octanol–water partition coefficient (Wildman–Crippen LogP) is 2.88. The van der Waals surface area contributed by atoms with Crippen molar-refractivity contribution in [2.24, 2.45) is 0 Å². The van der Waals surface area contributed by atoms with Gasteiger partial charge in [-0.1, -0.05) is 11.6 Å². The van der Waals surface area contributed by atoms with E-state index in [-0.39, 0.29) is 0 Å². The first-order valence-electron chi connectivity index (χ1n) is 4.86. The Bertz CT molecular complexity index is 343. The first-order chi connectivity index (χ1) is 6.36. The number of hydrogen-bond donors (Lipinski definition) is 0. The zero-order valence-corrected chi connectivity index (χ0v) is 8.09. The van der Waals surface area contributed by atoms with Gasteiger partial charge in [0.25, 0.3) is 0 Å². The summed E-state index contributed by atoms with van der Waals surface area (Å²) < 4.78 is 0. The third-order valence-electron chi connectivity index (χ3n) is 3.39. The lowest BCUT2D eigenvalue weighted by Gasteiger charge is -2.37. The van der Waals surface area contributed by atoms with Crippen molar-refractivity contribution in [1.82, 2.24) is 9.97 Å². The summed E-state index contributed by atoms with van der Waals surface area (Å²) in [5.41, 5.74) is 2.49. The summed E-state index contributed by atoms with van der Waals surface area (Å²) in [5, 5.41) is 0.694. The van der Waals surface area contributed by atoms with E-state index in [2.05, 4.69) is 9.97 Å². The van der Waals surface area contributed by atoms with Crippen LogP contribution in [0.3, 0.4) is 0 Å². The van der Waals surface area contributed by atoms with Crippen molar-refractivity contribution in [3.05, 3.63) is 22.7 Å². The van der Waals surface area contributed by atoms with Gasteiger partial charge in [-0.3, -0.25) is 0 Å². The highest BCUT2D eigenvalue weighted by molar-refractivity contribution is 6.30. The van der Waals surface area contributed by atoms with E-state index in [9.17, 15) is 0 Å². The Morgan fingerprint density at radius 3 is 2.46 bits per heavy atom. The molecule has 2 bridgehead atoms. The van der Waals surface area contributed by atoms with Gasteiger partial charge < -0.3 is 0 Å². The standard InChI is InChI=1S/C10H11ClN2/c11-10-8-6-1-3-7(4-2-6)9(8)12-5-13-10/h5-7H,1-4H2. The Morgan fingerprint density at radius 2 is 1.77 bits per heavy atom. The van der Waals surface area contributed by atoms with Crippen molar-refractivity contribution < 1.29 is 0 Å². The molecule has 0 aliphatic heterocycles. The lowest BCUT2D eigenvalue weighted by Crippen LogP contribution is -2.23. The number of halogens is 1. The molecule has 3 heteroatoms. The van der Waals surface area contributed by atoms with Crippen molar-refractivity contribution in [3.8, 4) is 0 Å². The van der Waals surface area contributed by atoms with Crippen LogP contribution >= 0.6 is 11.6 Å². The van der Waals surface area contributed by atoms with Gasteiger partial charge in [-0.2, -0.15) is 0 Å². The lowest BCUT2D eigenvalue weighted by molar-refractivity contribution is 0.349. The predicted molar refractivity (Wildman–Crippen MR) is 51.0 cm³/mol. The molecule has 1 saturated carbocycles. The maximum Gasteiger partial charge on any atom is 0.136 e. The second kappa shape index (κ2) is 2.68. The zero-order chi connectivity index (χ0) is 8.84. The Kier molecular flexibility index (Phi) is 1.59. The van der Waals surface area contributed by atoms with Crippen molar-refractivity contribution >= 4 is 11.6 Å². The van der Waals surface area contributed by atoms with Crippen LogP contribution in [0.5, 0.6) is 0 Å². The summed E-state index contributed by atoms with van der Waals surface area (Å²) in [4.78, 5) is 8.43. The smallest absolute Gasteiger partial charge is 0.136 e. The zero-order valence-electron chi connectivity index (χ0n) is 7.33. The molecule has 0 N–H and O–H groups in total. The summed E-state index contributed by atoms with van der Waals surface area (Å²) in [6.07, 6.45) is 6.76. The molecule has 68 valence electrons. The molecule has 0 unspecified atom stereocenters. The minimum absolute atomic E-state index is 0.647. The Balaban J connectivity index is 2.23. The van der Waals surface area contributed by atoms with Crippen LogP contribution in [0.15, 0.2) is 6.33 Å². The second-order valence-corrected chi connectivity index (χ2v) is 4.37. The molecule has 1 fully saturated rings. The average Bonchev–Trinajstić information content (AvgIpc) is 2.20. The SMILES string of the molecule is Clc1ncnc2c1C1CCC2CC1. The quantitative estimate of drug-likeness (QED) is 0.594. The van der Waals surface area contributed by atoms with Crippen molar-refractivity contribution in [2.45, 2.75) is 37.5 Å². The van der Waals surface area contributed by atoms with E-state index < -0.39 is 0 Å². The molecule has 0 atom stereocenters. The van der Waals surface area contributed by atoms with Crippen LogP contribution in [0.4, 0.5) is 0 Å². The molecule has 1 aromatic heterocycles. The number of hydrogen-bond acceptors (Lipinski definition) is 2. The molecule has 3 aliphatic carbocycles. The van der Waals surface area contributed by atoms with Gasteiger partial charge in [0.1, 0.15) is 11.5 Å². The molecule has 0 radical (unpaired) electrons. The number of rotatable bonds is 0. The summed E-state index contributed by atoms with van der Waals surface area (Å²) in [6, 6.07) is 0. The van der Waals surface area contributed by atoms with Gasteiger partial charge in [-0.25, -0.2) is 9.97 Å². The van der Waals surface area contributed by atoms with Crippen LogP contribution in [-0.4, -0.2) is 9.97 Å². The molecule has 1 heterocycles. The molecule has 3 aliphatic rings. The monoisotopic (exact) mass is 194 g/mol. The van der Waals surface area contributed by atoms with E-state index >= 15 is 0 Å². The van der Waals surface area contributed by atoms with Gasteiger partial charge in [-0.15, -0.1) is 0 Å². The molecular weight excluding hydrogens is 184 g/mol. The van der Waals surface area contributed by atoms with Crippen LogP contribution in [0.25, 0.3) is 0 Å². The number of nitrogens with zero attached hydrogens (tertiary/aromatic N) is 2. The molecule has 1 aromatic rings. The third-order valence-corrected chi connectivity index (χ3v) is 3.69. The molecule has 0 spiro atoms. The van der Waals surface area contributed by atoms with E-state index in [1.807, 2.05) is 0 Å². The number of fused-ring (bicyclic) bond motifs is 2. The fourth-order valence-electron chi connectivity index (χ4n) is 2.74. The molecule has 0 amide bonds. The van der Waals surface area contributed by atoms with Gasteiger partial charge in [0.05, 0.1) is 5.69 Å². The summed E-state index contributed by atoms with van der Waals surface area (Å²) in [5.74, 6) is 1.31. The maximum absolute atomic E-state index is 6.09. The summed E-state index contributed by atoms with van der Waals surface area (Å²) >= 11 is 6.09. The van der Waals surface area contributed by atoms with E-state index in [1.165, 1.54) is 36.9 Å². The molecule has 0 aromatic carbocycles. The average molecular weight is 195 g/mol. The van der Waals surface area contributed by atoms with Crippen LogP contribution in [0.2, 0.25) is 5.15 Å². The van der Waals surface area contributed by atoms with Crippen molar-refractivity contribution in [1.29, 1.82) is 0 Å². The van der Waals surface area contributed by atoms with Crippen molar-refractivity contribution in [3.63, 3.8) is 0 Å². The molecule has 13 heavy (non-hydrogen) atoms. The van der Waals surface area contributed by atoms with Crippen LogP contribution < -0.4 is 0 Å². The highest BCUT2D eigenvalue weighted by atomic mass is 35.5.